The fourth-order valence-electron chi connectivity index (χ4n) is 2.56. The molecule has 0 bridgehead atoms. The lowest BCUT2D eigenvalue weighted by Gasteiger charge is -2.22. The Morgan fingerprint density at radius 1 is 1.05 bits per heavy atom. The van der Waals surface area contributed by atoms with Crippen molar-refractivity contribution in [3.63, 3.8) is 0 Å². The third kappa shape index (κ3) is 3.55. The third-order valence-corrected chi connectivity index (χ3v) is 3.51. The van der Waals surface area contributed by atoms with Gasteiger partial charge in [-0.1, -0.05) is 49.4 Å². The molecule has 0 aliphatic rings. The van der Waals surface area contributed by atoms with Crippen molar-refractivity contribution in [2.45, 2.75) is 19.4 Å². The van der Waals surface area contributed by atoms with Gasteiger partial charge >= 0.3 is 0 Å². The van der Waals surface area contributed by atoms with Crippen LogP contribution in [0.3, 0.4) is 0 Å². The zero-order valence-corrected chi connectivity index (χ0v) is 12.2. The summed E-state index contributed by atoms with van der Waals surface area (Å²) in [5.41, 5.74) is 1.42. The Hall–Kier alpha value is -1.38. The van der Waals surface area contributed by atoms with Crippen LogP contribution in [0.5, 0.6) is 0 Å². The second kappa shape index (κ2) is 6.69. The zero-order valence-electron chi connectivity index (χ0n) is 12.2. The van der Waals surface area contributed by atoms with Gasteiger partial charge in [-0.25, -0.2) is 0 Å². The van der Waals surface area contributed by atoms with Crippen LogP contribution in [0.1, 0.15) is 24.9 Å². The van der Waals surface area contributed by atoms with Gasteiger partial charge in [-0.15, -0.1) is 0 Å². The summed E-state index contributed by atoms with van der Waals surface area (Å²) in [6.07, 6.45) is 1.13. The fraction of sp³-hybridized carbons (Fsp3) is 0.412. The van der Waals surface area contributed by atoms with Crippen LogP contribution in [0.2, 0.25) is 0 Å². The van der Waals surface area contributed by atoms with E-state index in [0.29, 0.717) is 6.04 Å². The molecule has 0 spiro atoms. The molecular formula is C17H24N2. The first-order valence-electron chi connectivity index (χ1n) is 7.08. The number of nitrogens with zero attached hydrogens (tertiary/aromatic N) is 1. The molecule has 2 heteroatoms. The quantitative estimate of drug-likeness (QED) is 0.851. The van der Waals surface area contributed by atoms with Crippen molar-refractivity contribution in [2.24, 2.45) is 0 Å². The predicted octanol–water partition coefficient (Wildman–Crippen LogP) is 3.44. The zero-order chi connectivity index (χ0) is 13.7. The average molecular weight is 256 g/mol. The van der Waals surface area contributed by atoms with E-state index in [1.54, 1.807) is 0 Å². The van der Waals surface area contributed by atoms with Gasteiger partial charge in [-0.3, -0.25) is 0 Å². The van der Waals surface area contributed by atoms with E-state index in [2.05, 4.69) is 73.7 Å². The standard InChI is InChI=1S/C17H24N2/c1-4-18-17(12-13-19(2)3)16-11-7-9-14-8-5-6-10-15(14)16/h5-11,17-18H,4,12-13H2,1-3H3. The molecular weight excluding hydrogens is 232 g/mol. The number of hydrogen-bond acceptors (Lipinski definition) is 2. The maximum atomic E-state index is 3.62. The molecule has 2 rings (SSSR count). The summed E-state index contributed by atoms with van der Waals surface area (Å²) in [4.78, 5) is 2.25. The van der Waals surface area contributed by atoms with Crippen LogP contribution in [-0.4, -0.2) is 32.1 Å². The molecule has 0 saturated heterocycles. The minimum Gasteiger partial charge on any atom is -0.310 e. The van der Waals surface area contributed by atoms with Gasteiger partial charge in [0.05, 0.1) is 0 Å². The number of rotatable bonds is 6. The molecule has 0 radical (unpaired) electrons. The first-order chi connectivity index (χ1) is 9.22. The summed E-state index contributed by atoms with van der Waals surface area (Å²) in [6.45, 7) is 4.27. The molecule has 2 nitrogen and oxygen atoms in total. The van der Waals surface area contributed by atoms with E-state index in [1.807, 2.05) is 0 Å². The van der Waals surface area contributed by atoms with Crippen molar-refractivity contribution < 1.29 is 0 Å². The molecule has 1 atom stereocenters. The van der Waals surface area contributed by atoms with Crippen LogP contribution >= 0.6 is 0 Å². The van der Waals surface area contributed by atoms with E-state index < -0.39 is 0 Å². The lowest BCUT2D eigenvalue weighted by Crippen LogP contribution is -2.25. The Kier molecular flexibility index (Phi) is 4.94. The Balaban J connectivity index is 2.32. The minimum absolute atomic E-state index is 0.429. The van der Waals surface area contributed by atoms with E-state index in [-0.39, 0.29) is 0 Å². The Morgan fingerprint density at radius 2 is 1.79 bits per heavy atom. The molecule has 0 aromatic heterocycles. The normalized spacial score (nSPS) is 13.1. The molecule has 0 amide bonds. The van der Waals surface area contributed by atoms with Gasteiger partial charge in [-0.05, 0) is 49.9 Å². The third-order valence-electron chi connectivity index (χ3n) is 3.51. The first-order valence-corrected chi connectivity index (χ1v) is 7.08. The van der Waals surface area contributed by atoms with E-state index in [0.717, 1.165) is 19.5 Å². The van der Waals surface area contributed by atoms with E-state index in [4.69, 9.17) is 0 Å². The summed E-state index contributed by atoms with van der Waals surface area (Å²) in [6, 6.07) is 15.7. The molecule has 0 saturated carbocycles. The number of fused-ring (bicyclic) bond motifs is 1. The van der Waals surface area contributed by atoms with Crippen LogP contribution in [0.25, 0.3) is 10.8 Å². The van der Waals surface area contributed by atoms with Crippen molar-refractivity contribution in [2.75, 3.05) is 27.2 Å². The lowest BCUT2D eigenvalue weighted by atomic mass is 9.96. The summed E-state index contributed by atoms with van der Waals surface area (Å²) < 4.78 is 0. The number of hydrogen-bond donors (Lipinski definition) is 1. The first kappa shape index (κ1) is 14.0. The Morgan fingerprint density at radius 3 is 2.53 bits per heavy atom. The minimum atomic E-state index is 0.429. The van der Waals surface area contributed by atoms with Crippen molar-refractivity contribution in [3.8, 4) is 0 Å². The van der Waals surface area contributed by atoms with Gasteiger partial charge in [0.1, 0.15) is 0 Å². The maximum absolute atomic E-state index is 3.62. The van der Waals surface area contributed by atoms with E-state index >= 15 is 0 Å². The summed E-state index contributed by atoms with van der Waals surface area (Å²) >= 11 is 0. The van der Waals surface area contributed by atoms with Gasteiger partial charge in [0, 0.05) is 6.04 Å². The molecule has 102 valence electrons. The van der Waals surface area contributed by atoms with Crippen molar-refractivity contribution in [1.29, 1.82) is 0 Å². The predicted molar refractivity (Wildman–Crippen MR) is 83.5 cm³/mol. The van der Waals surface area contributed by atoms with Gasteiger partial charge in [0.2, 0.25) is 0 Å². The number of nitrogens with one attached hydrogen (secondary N) is 1. The highest BCUT2D eigenvalue weighted by Gasteiger charge is 2.13. The molecule has 0 aliphatic carbocycles. The van der Waals surface area contributed by atoms with Crippen LogP contribution in [0, 0.1) is 0 Å². The van der Waals surface area contributed by atoms with Crippen LogP contribution in [0.15, 0.2) is 42.5 Å². The summed E-state index contributed by atoms with van der Waals surface area (Å²) in [5, 5.41) is 6.32. The highest BCUT2D eigenvalue weighted by molar-refractivity contribution is 5.86. The van der Waals surface area contributed by atoms with Crippen molar-refractivity contribution >= 4 is 10.8 Å². The molecule has 1 N–H and O–H groups in total. The topological polar surface area (TPSA) is 15.3 Å². The molecule has 0 fully saturated rings. The maximum Gasteiger partial charge on any atom is 0.0338 e. The molecule has 0 heterocycles. The Bertz CT molecular complexity index is 514. The average Bonchev–Trinajstić information content (AvgIpc) is 2.43. The number of benzene rings is 2. The summed E-state index contributed by atoms with van der Waals surface area (Å²) in [7, 11) is 4.26. The SMILES string of the molecule is CCNC(CCN(C)C)c1cccc2ccccc12. The highest BCUT2D eigenvalue weighted by Crippen LogP contribution is 2.26. The lowest BCUT2D eigenvalue weighted by molar-refractivity contribution is 0.364. The second-order valence-electron chi connectivity index (χ2n) is 5.27. The van der Waals surface area contributed by atoms with Crippen LogP contribution < -0.4 is 5.32 Å². The van der Waals surface area contributed by atoms with E-state index in [9.17, 15) is 0 Å². The molecule has 1 unspecified atom stereocenters. The van der Waals surface area contributed by atoms with Gasteiger partial charge < -0.3 is 10.2 Å². The van der Waals surface area contributed by atoms with Crippen molar-refractivity contribution in [1.82, 2.24) is 10.2 Å². The monoisotopic (exact) mass is 256 g/mol. The van der Waals surface area contributed by atoms with Gasteiger partial charge in [-0.2, -0.15) is 0 Å². The molecule has 19 heavy (non-hydrogen) atoms. The largest absolute Gasteiger partial charge is 0.310 e. The molecule has 2 aromatic rings. The Labute approximate surface area is 116 Å². The van der Waals surface area contributed by atoms with Gasteiger partial charge in [0.15, 0.2) is 0 Å². The second-order valence-corrected chi connectivity index (χ2v) is 5.27. The fourth-order valence-corrected chi connectivity index (χ4v) is 2.56. The smallest absolute Gasteiger partial charge is 0.0338 e. The highest BCUT2D eigenvalue weighted by atomic mass is 15.1. The van der Waals surface area contributed by atoms with Crippen molar-refractivity contribution in [3.05, 3.63) is 48.0 Å². The molecule has 2 aromatic carbocycles. The van der Waals surface area contributed by atoms with E-state index in [1.165, 1.54) is 16.3 Å². The van der Waals surface area contributed by atoms with Gasteiger partial charge in [0.25, 0.3) is 0 Å². The molecule has 0 aliphatic heterocycles. The van der Waals surface area contributed by atoms with Crippen LogP contribution in [0.4, 0.5) is 0 Å². The van der Waals surface area contributed by atoms with Crippen LogP contribution in [-0.2, 0) is 0 Å². The summed E-state index contributed by atoms with van der Waals surface area (Å²) in [5.74, 6) is 0.